The molecule has 1 N–H and O–H groups in total. The Morgan fingerprint density at radius 1 is 1.17 bits per heavy atom. The molecule has 2 saturated heterocycles. The van der Waals surface area contributed by atoms with Gasteiger partial charge in [0.05, 0.1) is 12.2 Å². The molecule has 3 heteroatoms. The number of rotatable bonds is 4. The summed E-state index contributed by atoms with van der Waals surface area (Å²) in [6, 6.07) is 10.7. The molecular weight excluding hydrogens is 224 g/mol. The van der Waals surface area contributed by atoms with Crippen molar-refractivity contribution in [3.8, 4) is 0 Å². The van der Waals surface area contributed by atoms with Crippen molar-refractivity contribution in [2.75, 3.05) is 26.2 Å². The van der Waals surface area contributed by atoms with Crippen molar-refractivity contribution in [2.45, 2.75) is 31.6 Å². The molecule has 2 heterocycles. The molecule has 1 aromatic rings. The molecule has 18 heavy (non-hydrogen) atoms. The average molecular weight is 246 g/mol. The van der Waals surface area contributed by atoms with E-state index in [4.69, 9.17) is 4.74 Å². The van der Waals surface area contributed by atoms with Crippen LogP contribution in [-0.2, 0) is 11.3 Å². The predicted molar refractivity (Wildman–Crippen MR) is 72.5 cm³/mol. The van der Waals surface area contributed by atoms with Gasteiger partial charge in [-0.05, 0) is 24.9 Å². The van der Waals surface area contributed by atoms with Crippen LogP contribution in [0.25, 0.3) is 0 Å². The lowest BCUT2D eigenvalue weighted by Crippen LogP contribution is -2.52. The van der Waals surface area contributed by atoms with Crippen LogP contribution < -0.4 is 5.32 Å². The summed E-state index contributed by atoms with van der Waals surface area (Å²) in [6.07, 6.45) is 3.39. The van der Waals surface area contributed by atoms with Gasteiger partial charge in [-0.3, -0.25) is 4.90 Å². The average Bonchev–Trinajstić information content (AvgIpc) is 2.36. The first-order valence-corrected chi connectivity index (χ1v) is 7.02. The molecule has 3 rings (SSSR count). The van der Waals surface area contributed by atoms with Crippen molar-refractivity contribution in [3.63, 3.8) is 0 Å². The molecule has 1 atom stereocenters. The van der Waals surface area contributed by atoms with Gasteiger partial charge in [-0.15, -0.1) is 0 Å². The van der Waals surface area contributed by atoms with Gasteiger partial charge < -0.3 is 10.1 Å². The highest BCUT2D eigenvalue weighted by Gasteiger charge is 2.26. The van der Waals surface area contributed by atoms with E-state index in [1.165, 1.54) is 24.9 Å². The van der Waals surface area contributed by atoms with Crippen LogP contribution in [-0.4, -0.2) is 43.3 Å². The Kier molecular flexibility index (Phi) is 3.93. The van der Waals surface area contributed by atoms with Crippen LogP contribution in [0.3, 0.4) is 0 Å². The van der Waals surface area contributed by atoms with E-state index >= 15 is 0 Å². The maximum atomic E-state index is 6.09. The molecule has 1 aromatic carbocycles. The monoisotopic (exact) mass is 246 g/mol. The molecule has 2 aliphatic rings. The summed E-state index contributed by atoms with van der Waals surface area (Å²) in [7, 11) is 0. The second-order valence-electron chi connectivity index (χ2n) is 5.40. The second kappa shape index (κ2) is 5.83. The highest BCUT2D eigenvalue weighted by atomic mass is 16.5. The quantitative estimate of drug-likeness (QED) is 0.874. The number of hydrogen-bond acceptors (Lipinski definition) is 3. The van der Waals surface area contributed by atoms with E-state index in [0.717, 1.165) is 26.2 Å². The zero-order valence-electron chi connectivity index (χ0n) is 10.8. The van der Waals surface area contributed by atoms with Gasteiger partial charge in [0.25, 0.3) is 0 Å². The van der Waals surface area contributed by atoms with Crippen LogP contribution in [0.1, 0.15) is 18.4 Å². The van der Waals surface area contributed by atoms with Gasteiger partial charge in [0.1, 0.15) is 0 Å². The molecule has 0 amide bonds. The Labute approximate surface area is 109 Å². The summed E-state index contributed by atoms with van der Waals surface area (Å²) in [6.45, 7) is 5.43. The Balaban J connectivity index is 1.50. The fourth-order valence-electron chi connectivity index (χ4n) is 2.74. The maximum Gasteiger partial charge on any atom is 0.0827 e. The zero-order chi connectivity index (χ0) is 12.2. The molecule has 2 aliphatic heterocycles. The largest absolute Gasteiger partial charge is 0.371 e. The third kappa shape index (κ3) is 3.10. The van der Waals surface area contributed by atoms with E-state index in [0.29, 0.717) is 12.2 Å². The first-order valence-electron chi connectivity index (χ1n) is 7.02. The summed E-state index contributed by atoms with van der Waals surface area (Å²) in [5, 5.41) is 3.26. The zero-order valence-corrected chi connectivity index (χ0v) is 10.8. The number of piperidine rings is 1. The lowest BCUT2D eigenvalue weighted by Gasteiger charge is -2.37. The summed E-state index contributed by atoms with van der Waals surface area (Å²) in [5.41, 5.74) is 1.41. The predicted octanol–water partition coefficient (Wildman–Crippen LogP) is 1.64. The van der Waals surface area contributed by atoms with Gasteiger partial charge in [-0.2, -0.15) is 0 Å². The van der Waals surface area contributed by atoms with E-state index in [-0.39, 0.29) is 0 Å². The van der Waals surface area contributed by atoms with Crippen molar-refractivity contribution in [3.05, 3.63) is 35.9 Å². The van der Waals surface area contributed by atoms with E-state index in [9.17, 15) is 0 Å². The van der Waals surface area contributed by atoms with E-state index in [2.05, 4.69) is 40.5 Å². The molecule has 2 fully saturated rings. The van der Waals surface area contributed by atoms with Crippen LogP contribution in [0.5, 0.6) is 0 Å². The fraction of sp³-hybridized carbons (Fsp3) is 0.600. The highest BCUT2D eigenvalue weighted by Crippen LogP contribution is 2.18. The van der Waals surface area contributed by atoms with Crippen molar-refractivity contribution in [2.24, 2.45) is 0 Å². The minimum atomic E-state index is 0.439. The van der Waals surface area contributed by atoms with Gasteiger partial charge in [0, 0.05) is 26.2 Å². The lowest BCUT2D eigenvalue weighted by molar-refractivity contribution is -0.0677. The Morgan fingerprint density at radius 2 is 2.00 bits per heavy atom. The Bertz CT molecular complexity index is 364. The van der Waals surface area contributed by atoms with Gasteiger partial charge in [-0.1, -0.05) is 30.3 Å². The summed E-state index contributed by atoms with van der Waals surface area (Å²) in [5.74, 6) is 0. The van der Waals surface area contributed by atoms with E-state index < -0.39 is 0 Å². The van der Waals surface area contributed by atoms with Crippen molar-refractivity contribution >= 4 is 0 Å². The van der Waals surface area contributed by atoms with Gasteiger partial charge in [0.15, 0.2) is 0 Å². The van der Waals surface area contributed by atoms with E-state index in [1.54, 1.807) is 0 Å². The number of nitrogens with one attached hydrogen (secondary N) is 1. The molecule has 0 aromatic heterocycles. The van der Waals surface area contributed by atoms with Crippen LogP contribution in [0.2, 0.25) is 0 Å². The molecule has 0 radical (unpaired) electrons. The Hall–Kier alpha value is -0.900. The SMILES string of the molecule is c1ccc(CN2CCCC(OC3CNC3)C2)cc1. The number of hydrogen-bond donors (Lipinski definition) is 1. The van der Waals surface area contributed by atoms with Crippen LogP contribution >= 0.6 is 0 Å². The first kappa shape index (κ1) is 12.2. The molecule has 0 saturated carbocycles. The van der Waals surface area contributed by atoms with Crippen molar-refractivity contribution in [1.82, 2.24) is 10.2 Å². The minimum absolute atomic E-state index is 0.439. The number of nitrogens with zero attached hydrogens (tertiary/aromatic N) is 1. The molecule has 3 nitrogen and oxygen atoms in total. The third-order valence-electron chi connectivity index (χ3n) is 3.84. The van der Waals surface area contributed by atoms with Crippen LogP contribution in [0.15, 0.2) is 30.3 Å². The topological polar surface area (TPSA) is 24.5 Å². The van der Waals surface area contributed by atoms with Gasteiger partial charge in [0.2, 0.25) is 0 Å². The lowest BCUT2D eigenvalue weighted by atomic mass is 10.1. The number of ether oxygens (including phenoxy) is 1. The third-order valence-corrected chi connectivity index (χ3v) is 3.84. The summed E-state index contributed by atoms with van der Waals surface area (Å²) < 4.78 is 6.09. The van der Waals surface area contributed by atoms with Gasteiger partial charge in [-0.25, -0.2) is 0 Å². The minimum Gasteiger partial charge on any atom is -0.371 e. The molecule has 0 aliphatic carbocycles. The maximum absolute atomic E-state index is 6.09. The summed E-state index contributed by atoms with van der Waals surface area (Å²) in [4.78, 5) is 2.52. The van der Waals surface area contributed by atoms with Crippen molar-refractivity contribution < 1.29 is 4.74 Å². The molecule has 1 unspecified atom stereocenters. The molecule has 0 spiro atoms. The van der Waals surface area contributed by atoms with Gasteiger partial charge >= 0.3 is 0 Å². The number of likely N-dealkylation sites (tertiary alicyclic amines) is 1. The van der Waals surface area contributed by atoms with Crippen molar-refractivity contribution in [1.29, 1.82) is 0 Å². The standard InChI is InChI=1S/C15H22N2O/c1-2-5-13(6-3-1)11-17-8-4-7-14(12-17)18-15-9-16-10-15/h1-3,5-6,14-16H,4,7-12H2. The normalized spacial score (nSPS) is 25.9. The second-order valence-corrected chi connectivity index (χ2v) is 5.40. The van der Waals surface area contributed by atoms with E-state index in [1.807, 2.05) is 0 Å². The summed E-state index contributed by atoms with van der Waals surface area (Å²) >= 11 is 0. The molecule has 98 valence electrons. The Morgan fingerprint density at radius 3 is 2.72 bits per heavy atom. The number of benzene rings is 1. The smallest absolute Gasteiger partial charge is 0.0827 e. The molecular formula is C15H22N2O. The van der Waals surface area contributed by atoms with Crippen LogP contribution in [0, 0.1) is 0 Å². The van der Waals surface area contributed by atoms with Crippen LogP contribution in [0.4, 0.5) is 0 Å². The molecule has 0 bridgehead atoms. The highest BCUT2D eigenvalue weighted by molar-refractivity contribution is 5.14. The fourth-order valence-corrected chi connectivity index (χ4v) is 2.74. The first-order chi connectivity index (χ1) is 8.90.